The Bertz CT molecular complexity index is 821. The molecule has 0 saturated carbocycles. The van der Waals surface area contributed by atoms with E-state index in [-0.39, 0.29) is 5.92 Å². The van der Waals surface area contributed by atoms with Crippen molar-refractivity contribution in [3.05, 3.63) is 29.6 Å². The van der Waals surface area contributed by atoms with Gasteiger partial charge in [-0.05, 0) is 26.7 Å². The molecule has 0 unspecified atom stereocenters. The van der Waals surface area contributed by atoms with Crippen molar-refractivity contribution in [3.8, 4) is 0 Å². The summed E-state index contributed by atoms with van der Waals surface area (Å²) >= 11 is 0. The van der Waals surface area contributed by atoms with Gasteiger partial charge in [-0.25, -0.2) is 13.4 Å². The smallest absolute Gasteiger partial charge is 0.246 e. The quantitative estimate of drug-likeness (QED) is 0.847. The number of rotatable bonds is 3. The van der Waals surface area contributed by atoms with Gasteiger partial charge in [0.05, 0.1) is 11.4 Å². The average molecular weight is 337 g/mol. The summed E-state index contributed by atoms with van der Waals surface area (Å²) in [6, 6.07) is 0. The zero-order valence-electron chi connectivity index (χ0n) is 14.0. The molecular formula is C15H23N5O2S. The van der Waals surface area contributed by atoms with Gasteiger partial charge in [-0.2, -0.15) is 9.40 Å². The van der Waals surface area contributed by atoms with E-state index in [9.17, 15) is 8.42 Å². The summed E-state index contributed by atoms with van der Waals surface area (Å²) < 4.78 is 31.0. The summed E-state index contributed by atoms with van der Waals surface area (Å²) in [6.07, 6.45) is 5.37. The lowest BCUT2D eigenvalue weighted by atomic mass is 9.99. The molecule has 0 radical (unpaired) electrons. The highest BCUT2D eigenvalue weighted by molar-refractivity contribution is 7.89. The maximum absolute atomic E-state index is 12.9. The van der Waals surface area contributed by atoms with Crippen molar-refractivity contribution in [2.45, 2.75) is 37.5 Å². The Labute approximate surface area is 137 Å². The Balaban J connectivity index is 1.89. The molecule has 3 heterocycles. The van der Waals surface area contributed by atoms with Gasteiger partial charge in [0, 0.05) is 45.5 Å². The van der Waals surface area contributed by atoms with Crippen molar-refractivity contribution in [2.75, 3.05) is 13.1 Å². The first-order valence-electron chi connectivity index (χ1n) is 7.79. The van der Waals surface area contributed by atoms with Crippen LogP contribution >= 0.6 is 0 Å². The largest absolute Gasteiger partial charge is 0.337 e. The van der Waals surface area contributed by atoms with Crippen LogP contribution in [0.4, 0.5) is 0 Å². The number of nitrogens with zero attached hydrogens (tertiary/aromatic N) is 5. The van der Waals surface area contributed by atoms with Crippen molar-refractivity contribution < 1.29 is 8.42 Å². The Kier molecular flexibility index (Phi) is 4.05. The maximum Gasteiger partial charge on any atom is 0.246 e. The average Bonchev–Trinajstić information content (AvgIpc) is 3.00. The van der Waals surface area contributed by atoms with Crippen LogP contribution < -0.4 is 0 Å². The molecule has 0 amide bonds. The Hall–Kier alpha value is -1.67. The van der Waals surface area contributed by atoms with Crippen LogP contribution in [0.5, 0.6) is 0 Å². The van der Waals surface area contributed by atoms with Crippen LogP contribution in [0.3, 0.4) is 0 Å². The van der Waals surface area contributed by atoms with E-state index in [0.717, 1.165) is 24.4 Å². The first-order chi connectivity index (χ1) is 10.8. The van der Waals surface area contributed by atoms with Crippen molar-refractivity contribution in [1.29, 1.82) is 0 Å². The summed E-state index contributed by atoms with van der Waals surface area (Å²) in [4.78, 5) is 4.87. The summed E-state index contributed by atoms with van der Waals surface area (Å²) in [7, 11) is 0.198. The summed E-state index contributed by atoms with van der Waals surface area (Å²) in [5.74, 6) is 1.10. The topological polar surface area (TPSA) is 73.0 Å². The summed E-state index contributed by atoms with van der Waals surface area (Å²) in [5, 5.41) is 4.16. The molecule has 1 fully saturated rings. The number of aromatic nitrogens is 4. The van der Waals surface area contributed by atoms with Crippen LogP contribution in [0.2, 0.25) is 0 Å². The van der Waals surface area contributed by atoms with E-state index in [4.69, 9.17) is 0 Å². The van der Waals surface area contributed by atoms with Gasteiger partial charge in [0.1, 0.15) is 10.7 Å². The number of aryl methyl sites for hydroxylation is 4. The van der Waals surface area contributed by atoms with Crippen LogP contribution in [0, 0.1) is 13.8 Å². The fourth-order valence-corrected chi connectivity index (χ4v) is 5.08. The molecule has 2 aromatic rings. The second-order valence-corrected chi connectivity index (χ2v) is 8.21. The molecule has 126 valence electrons. The molecule has 8 heteroatoms. The molecule has 7 nitrogen and oxygen atoms in total. The SMILES string of the molecule is Cc1cn(C)c([C@@H]2CCCN(S(=O)(=O)c3cn(C)nc3C)C2)n1. The van der Waals surface area contributed by atoms with Crippen LogP contribution in [-0.4, -0.2) is 45.1 Å². The third-order valence-corrected chi connectivity index (χ3v) is 6.34. The van der Waals surface area contributed by atoms with Crippen molar-refractivity contribution >= 4 is 10.0 Å². The summed E-state index contributed by atoms with van der Waals surface area (Å²) in [5.41, 5.74) is 1.51. The molecule has 0 N–H and O–H groups in total. The highest BCUT2D eigenvalue weighted by atomic mass is 32.2. The third-order valence-electron chi connectivity index (χ3n) is 4.37. The van der Waals surface area contributed by atoms with Gasteiger partial charge in [-0.15, -0.1) is 0 Å². The molecule has 2 aromatic heterocycles. The molecule has 0 aliphatic carbocycles. The molecule has 1 aliphatic heterocycles. The minimum atomic E-state index is -3.51. The van der Waals surface area contributed by atoms with Gasteiger partial charge in [-0.3, -0.25) is 4.68 Å². The van der Waals surface area contributed by atoms with Gasteiger partial charge < -0.3 is 4.57 Å². The van der Waals surface area contributed by atoms with Crippen LogP contribution in [-0.2, 0) is 24.1 Å². The molecule has 23 heavy (non-hydrogen) atoms. The minimum Gasteiger partial charge on any atom is -0.337 e. The lowest BCUT2D eigenvalue weighted by molar-refractivity contribution is 0.306. The van der Waals surface area contributed by atoms with Crippen LogP contribution in [0.1, 0.15) is 36.0 Å². The molecule has 1 atom stereocenters. The first-order valence-corrected chi connectivity index (χ1v) is 9.23. The van der Waals surface area contributed by atoms with Crippen LogP contribution in [0.25, 0.3) is 0 Å². The fraction of sp³-hybridized carbons (Fsp3) is 0.600. The van der Waals surface area contributed by atoms with Gasteiger partial charge in [0.15, 0.2) is 0 Å². The molecule has 0 aromatic carbocycles. The van der Waals surface area contributed by atoms with E-state index in [0.29, 0.717) is 23.7 Å². The molecule has 0 bridgehead atoms. The lowest BCUT2D eigenvalue weighted by Gasteiger charge is -2.31. The number of imidazole rings is 1. The van der Waals surface area contributed by atoms with Gasteiger partial charge in [-0.1, -0.05) is 0 Å². The molecule has 3 rings (SSSR count). The number of hydrogen-bond acceptors (Lipinski definition) is 4. The Morgan fingerprint density at radius 1 is 1.22 bits per heavy atom. The van der Waals surface area contributed by atoms with Crippen molar-refractivity contribution in [1.82, 2.24) is 23.6 Å². The number of hydrogen-bond donors (Lipinski definition) is 0. The molecule has 0 spiro atoms. The van der Waals surface area contributed by atoms with Gasteiger partial charge in [0.25, 0.3) is 0 Å². The van der Waals surface area contributed by atoms with Crippen LogP contribution in [0.15, 0.2) is 17.3 Å². The van der Waals surface area contributed by atoms with E-state index in [1.54, 1.807) is 29.2 Å². The maximum atomic E-state index is 12.9. The molecule has 1 aliphatic rings. The first kappa shape index (κ1) is 16.2. The highest BCUT2D eigenvalue weighted by Crippen LogP contribution is 2.30. The zero-order valence-corrected chi connectivity index (χ0v) is 14.8. The molecular weight excluding hydrogens is 314 g/mol. The van der Waals surface area contributed by atoms with E-state index in [1.165, 1.54) is 0 Å². The fourth-order valence-electron chi connectivity index (χ4n) is 3.36. The number of piperidine rings is 1. The van der Waals surface area contributed by atoms with Crippen molar-refractivity contribution in [2.24, 2.45) is 14.1 Å². The predicted molar refractivity (Wildman–Crippen MR) is 86.6 cm³/mol. The third kappa shape index (κ3) is 2.92. The highest BCUT2D eigenvalue weighted by Gasteiger charge is 2.34. The van der Waals surface area contributed by atoms with E-state index in [1.807, 2.05) is 24.7 Å². The lowest BCUT2D eigenvalue weighted by Crippen LogP contribution is -2.39. The van der Waals surface area contributed by atoms with E-state index < -0.39 is 10.0 Å². The minimum absolute atomic E-state index is 0.134. The van der Waals surface area contributed by atoms with E-state index >= 15 is 0 Å². The second kappa shape index (κ2) is 5.76. The van der Waals surface area contributed by atoms with E-state index in [2.05, 4.69) is 10.1 Å². The Morgan fingerprint density at radius 2 is 1.96 bits per heavy atom. The van der Waals surface area contributed by atoms with Gasteiger partial charge in [0.2, 0.25) is 10.0 Å². The Morgan fingerprint density at radius 3 is 2.52 bits per heavy atom. The monoisotopic (exact) mass is 337 g/mol. The number of sulfonamides is 1. The standard InChI is InChI=1S/C15H23N5O2S/c1-11-8-18(3)15(16-11)13-6-5-7-20(9-13)23(21,22)14-10-19(4)17-12(14)2/h8,10,13H,5-7,9H2,1-4H3/t13-/m1/s1. The summed E-state index contributed by atoms with van der Waals surface area (Å²) in [6.45, 7) is 4.72. The molecule has 1 saturated heterocycles. The zero-order chi connectivity index (χ0) is 16.8. The normalized spacial score (nSPS) is 20.1. The predicted octanol–water partition coefficient (Wildman–Crippen LogP) is 1.34. The van der Waals surface area contributed by atoms with Gasteiger partial charge >= 0.3 is 0 Å². The van der Waals surface area contributed by atoms with Crippen molar-refractivity contribution in [3.63, 3.8) is 0 Å². The second-order valence-electron chi connectivity index (χ2n) is 6.31.